The molecule has 4 aliphatic rings. The summed E-state index contributed by atoms with van der Waals surface area (Å²) in [5, 5.41) is 0. The number of carbonyl (C=O) groups excluding carboxylic acids is 1. The number of carbonyl (C=O) groups is 1. The lowest BCUT2D eigenvalue weighted by atomic mass is 9.90. The predicted molar refractivity (Wildman–Crippen MR) is 122 cm³/mol. The van der Waals surface area contributed by atoms with Crippen LogP contribution in [0.4, 0.5) is 5.69 Å². The third-order valence-corrected chi connectivity index (χ3v) is 8.27. The number of hydrogen-bond acceptors (Lipinski definition) is 4. The van der Waals surface area contributed by atoms with E-state index in [-0.39, 0.29) is 0 Å². The summed E-state index contributed by atoms with van der Waals surface area (Å²) in [7, 11) is 4.38. The Labute approximate surface area is 182 Å². The second kappa shape index (κ2) is 8.16. The van der Waals surface area contributed by atoms with E-state index >= 15 is 0 Å². The topological polar surface area (TPSA) is 30.0 Å². The Morgan fingerprint density at radius 1 is 1.00 bits per heavy atom. The van der Waals surface area contributed by atoms with Crippen LogP contribution in [0.1, 0.15) is 43.2 Å². The average molecular weight is 411 g/mol. The second-order valence-corrected chi connectivity index (χ2v) is 10.4. The Morgan fingerprint density at radius 2 is 1.83 bits per heavy atom. The van der Waals surface area contributed by atoms with E-state index in [1.165, 1.54) is 49.0 Å². The summed E-state index contributed by atoms with van der Waals surface area (Å²) in [5.41, 5.74) is 4.72. The Kier molecular flexibility index (Phi) is 5.53. The van der Waals surface area contributed by atoms with Gasteiger partial charge in [0.15, 0.2) is 0 Å². The van der Waals surface area contributed by atoms with Crippen LogP contribution in [0.15, 0.2) is 18.2 Å². The van der Waals surface area contributed by atoms with Gasteiger partial charge in [-0.15, -0.1) is 0 Å². The Balaban J connectivity index is 1.14. The molecule has 1 aromatic carbocycles. The molecule has 1 unspecified atom stereocenters. The molecule has 0 aromatic heterocycles. The zero-order valence-corrected chi connectivity index (χ0v) is 18.9. The minimum absolute atomic E-state index is 0.308. The third kappa shape index (κ3) is 3.99. The number of likely N-dealkylation sites (tertiary alicyclic amines) is 1. The number of nitrogens with zero attached hydrogens (tertiary/aromatic N) is 4. The van der Waals surface area contributed by atoms with Crippen LogP contribution in [0.5, 0.6) is 0 Å². The van der Waals surface area contributed by atoms with Crippen molar-refractivity contribution >= 4 is 11.6 Å². The van der Waals surface area contributed by atoms with Crippen LogP contribution in [0, 0.1) is 11.3 Å². The number of amides is 1. The highest BCUT2D eigenvalue weighted by Crippen LogP contribution is 2.60. The number of aryl methyl sites for hydroxylation is 1. The molecule has 30 heavy (non-hydrogen) atoms. The molecular formula is C25H38N4O. The zero-order chi connectivity index (χ0) is 20.7. The quantitative estimate of drug-likeness (QED) is 0.767. The summed E-state index contributed by atoms with van der Waals surface area (Å²) < 4.78 is 0. The Hall–Kier alpha value is -1.59. The Bertz CT molecular complexity index is 785. The van der Waals surface area contributed by atoms with Crippen LogP contribution in [0.25, 0.3) is 0 Å². The van der Waals surface area contributed by atoms with Crippen molar-refractivity contribution in [1.29, 1.82) is 0 Å². The molecule has 3 fully saturated rings. The van der Waals surface area contributed by atoms with Crippen LogP contribution in [0.3, 0.4) is 0 Å². The van der Waals surface area contributed by atoms with Gasteiger partial charge in [-0.1, -0.05) is 12.1 Å². The lowest BCUT2D eigenvalue weighted by molar-refractivity contribution is -0.133. The van der Waals surface area contributed by atoms with Crippen LogP contribution >= 0.6 is 0 Å². The lowest BCUT2D eigenvalue weighted by Gasteiger charge is -2.34. The fraction of sp³-hybridized carbons (Fsp3) is 0.720. The molecule has 0 bridgehead atoms. The van der Waals surface area contributed by atoms with Gasteiger partial charge in [0.05, 0.1) is 0 Å². The number of fused-ring (bicyclic) bond motifs is 1. The summed E-state index contributed by atoms with van der Waals surface area (Å²) >= 11 is 0. The van der Waals surface area contributed by atoms with Crippen LogP contribution in [-0.4, -0.2) is 80.5 Å². The summed E-state index contributed by atoms with van der Waals surface area (Å²) in [5.74, 6) is 0.764. The second-order valence-electron chi connectivity index (χ2n) is 10.4. The van der Waals surface area contributed by atoms with Gasteiger partial charge in [-0.2, -0.15) is 0 Å². The highest BCUT2D eigenvalue weighted by Gasteiger charge is 2.59. The predicted octanol–water partition coefficient (Wildman–Crippen LogP) is 2.84. The van der Waals surface area contributed by atoms with Crippen molar-refractivity contribution in [3.05, 3.63) is 29.3 Å². The maximum absolute atomic E-state index is 13.1. The first kappa shape index (κ1) is 20.3. The normalized spacial score (nSPS) is 27.1. The summed E-state index contributed by atoms with van der Waals surface area (Å²) in [4.78, 5) is 22.6. The number of anilines is 1. The van der Waals surface area contributed by atoms with E-state index < -0.39 is 0 Å². The first-order valence-electron chi connectivity index (χ1n) is 12.1. The molecule has 3 heterocycles. The smallest absolute Gasteiger partial charge is 0.226 e. The van der Waals surface area contributed by atoms with E-state index in [2.05, 4.69) is 51.9 Å². The molecule has 0 N–H and O–H groups in total. The van der Waals surface area contributed by atoms with Gasteiger partial charge in [0.25, 0.3) is 0 Å². The number of rotatable bonds is 3. The standard InChI is InChI=1S/C25H38N4O/c1-26-10-4-12-29(16-15-26)24(30)22-18-25(22)8-13-28(14-9-25)19-20-6-7-23-21(17-20)5-3-11-27(23)2/h6-7,17,22H,3-5,8-16,18-19H2,1-2H3. The van der Waals surface area contributed by atoms with Crippen molar-refractivity contribution in [1.82, 2.24) is 14.7 Å². The van der Waals surface area contributed by atoms with E-state index in [1.807, 2.05) is 0 Å². The number of likely N-dealkylation sites (N-methyl/N-ethyl adjacent to an activating group) is 1. The molecule has 2 saturated heterocycles. The molecule has 5 nitrogen and oxygen atoms in total. The van der Waals surface area contributed by atoms with E-state index in [4.69, 9.17) is 0 Å². The Morgan fingerprint density at radius 3 is 2.67 bits per heavy atom. The van der Waals surface area contributed by atoms with E-state index in [9.17, 15) is 4.79 Å². The van der Waals surface area contributed by atoms with E-state index in [0.29, 0.717) is 17.2 Å². The SMILES string of the molecule is CN1CCCN(C(=O)C2CC23CCN(Cc2ccc4c(c2)CCCN4C)CC3)CC1. The number of hydrogen-bond donors (Lipinski definition) is 0. The maximum Gasteiger partial charge on any atom is 0.226 e. The van der Waals surface area contributed by atoms with Crippen molar-refractivity contribution in [2.45, 2.75) is 45.1 Å². The highest BCUT2D eigenvalue weighted by atomic mass is 16.2. The fourth-order valence-electron chi connectivity index (χ4n) is 6.09. The molecule has 1 aliphatic carbocycles. The van der Waals surface area contributed by atoms with Crippen LogP contribution in [0.2, 0.25) is 0 Å². The van der Waals surface area contributed by atoms with Gasteiger partial charge in [0.1, 0.15) is 0 Å². The fourth-order valence-corrected chi connectivity index (χ4v) is 6.09. The third-order valence-electron chi connectivity index (χ3n) is 8.27. The van der Waals surface area contributed by atoms with Gasteiger partial charge in [-0.05, 0) is 87.8 Å². The van der Waals surface area contributed by atoms with Crippen molar-refractivity contribution in [3.8, 4) is 0 Å². The van der Waals surface area contributed by atoms with Gasteiger partial charge >= 0.3 is 0 Å². The average Bonchev–Trinajstić information content (AvgIpc) is 3.49. The highest BCUT2D eigenvalue weighted by molar-refractivity contribution is 5.82. The van der Waals surface area contributed by atoms with Gasteiger partial charge in [-0.3, -0.25) is 9.69 Å². The molecule has 5 heteroatoms. The first-order valence-corrected chi connectivity index (χ1v) is 12.1. The summed E-state index contributed by atoms with van der Waals surface area (Å²) in [6.07, 6.45) is 7.13. The van der Waals surface area contributed by atoms with Gasteiger partial charge < -0.3 is 14.7 Å². The van der Waals surface area contributed by atoms with Crippen LogP contribution < -0.4 is 4.90 Å². The van der Waals surface area contributed by atoms with Crippen molar-refractivity contribution in [3.63, 3.8) is 0 Å². The molecule has 1 amide bonds. The number of benzene rings is 1. The van der Waals surface area contributed by atoms with E-state index in [0.717, 1.165) is 58.7 Å². The van der Waals surface area contributed by atoms with Crippen molar-refractivity contribution in [2.75, 3.05) is 64.8 Å². The first-order chi connectivity index (χ1) is 14.5. The summed E-state index contributed by atoms with van der Waals surface area (Å²) in [6, 6.07) is 7.09. The molecule has 3 aliphatic heterocycles. The van der Waals surface area contributed by atoms with Gasteiger partial charge in [0.2, 0.25) is 5.91 Å². The lowest BCUT2D eigenvalue weighted by Crippen LogP contribution is -2.39. The molecule has 1 aromatic rings. The monoisotopic (exact) mass is 410 g/mol. The minimum atomic E-state index is 0.308. The van der Waals surface area contributed by atoms with Crippen molar-refractivity contribution in [2.24, 2.45) is 11.3 Å². The van der Waals surface area contributed by atoms with Gasteiger partial charge in [0, 0.05) is 51.4 Å². The molecule has 1 saturated carbocycles. The molecule has 1 spiro atoms. The van der Waals surface area contributed by atoms with E-state index in [1.54, 1.807) is 0 Å². The minimum Gasteiger partial charge on any atom is -0.374 e. The number of piperidine rings is 1. The van der Waals surface area contributed by atoms with Crippen molar-refractivity contribution < 1.29 is 4.79 Å². The molecule has 164 valence electrons. The van der Waals surface area contributed by atoms with Crippen LogP contribution in [-0.2, 0) is 17.8 Å². The zero-order valence-electron chi connectivity index (χ0n) is 18.9. The van der Waals surface area contributed by atoms with Gasteiger partial charge in [-0.25, -0.2) is 0 Å². The molecule has 0 radical (unpaired) electrons. The summed E-state index contributed by atoms with van der Waals surface area (Å²) in [6.45, 7) is 8.53. The largest absolute Gasteiger partial charge is 0.374 e. The molecule has 5 rings (SSSR count). The molecule has 1 atom stereocenters. The molecular weight excluding hydrogens is 372 g/mol. The maximum atomic E-state index is 13.1.